The van der Waals surface area contributed by atoms with Gasteiger partial charge in [0.25, 0.3) is 0 Å². The number of aromatic nitrogens is 2. The second kappa shape index (κ2) is 8.67. The van der Waals surface area contributed by atoms with Crippen molar-refractivity contribution in [2.45, 2.75) is 51.5 Å². The first-order chi connectivity index (χ1) is 12.6. The number of carbonyl (C=O) groups excluding carboxylic acids is 1. The van der Waals surface area contributed by atoms with Crippen molar-refractivity contribution in [3.8, 4) is 0 Å². The smallest absolute Gasteiger partial charge is 0.326 e. The fourth-order valence-corrected chi connectivity index (χ4v) is 3.36. The maximum atomic E-state index is 11.8. The van der Waals surface area contributed by atoms with Crippen LogP contribution in [0.25, 0.3) is 0 Å². The third-order valence-electron chi connectivity index (χ3n) is 3.92. The Kier molecular flexibility index (Phi) is 6.78. The lowest BCUT2D eigenvalue weighted by Gasteiger charge is -2.32. The predicted octanol–water partition coefficient (Wildman–Crippen LogP) is 3.73. The van der Waals surface area contributed by atoms with Crippen LogP contribution in [0.1, 0.15) is 45.0 Å². The first kappa shape index (κ1) is 21.1. The zero-order valence-electron chi connectivity index (χ0n) is 15.5. The number of halogens is 1. The highest BCUT2D eigenvalue weighted by molar-refractivity contribution is 7.15. The molecule has 0 spiro atoms. The summed E-state index contributed by atoms with van der Waals surface area (Å²) in [5, 5.41) is 18.9. The fourth-order valence-electron chi connectivity index (χ4n) is 2.57. The largest absolute Gasteiger partial charge is 0.480 e. The first-order valence-electron chi connectivity index (χ1n) is 8.49. The molecule has 3 N–H and O–H groups in total. The molecular weight excluding hydrogens is 388 g/mol. The van der Waals surface area contributed by atoms with E-state index in [1.807, 2.05) is 0 Å². The van der Waals surface area contributed by atoms with E-state index in [9.17, 15) is 9.59 Å². The number of carboxylic acids is 1. The summed E-state index contributed by atoms with van der Waals surface area (Å²) in [6, 6.07) is 5.87. The van der Waals surface area contributed by atoms with Crippen LogP contribution in [0.15, 0.2) is 24.3 Å². The van der Waals surface area contributed by atoms with Crippen molar-refractivity contribution in [1.29, 1.82) is 0 Å². The van der Waals surface area contributed by atoms with Crippen LogP contribution >= 0.6 is 22.9 Å². The molecule has 1 aliphatic rings. The van der Waals surface area contributed by atoms with Crippen LogP contribution in [0.3, 0.4) is 0 Å². The minimum atomic E-state index is -0.965. The van der Waals surface area contributed by atoms with Crippen molar-refractivity contribution in [1.82, 2.24) is 10.2 Å². The summed E-state index contributed by atoms with van der Waals surface area (Å²) in [5.41, 5.74) is 6.09. The third-order valence-corrected chi connectivity index (χ3v) is 5.35. The standard InChI is InChI=1S/C12H12ClNO3.C6H11N3S/c13-8-4-6-9(7-5-8)14-10(12(16)17)2-1-3-11(14)15;1-6(2,3)4-8-9-5(7)10-4/h4-7,10H,1-3H2,(H,16,17);1-3H3,(H2,7,9)/t10-;/m0./s1. The second-order valence-corrected chi connectivity index (χ2v) is 8.63. The molecule has 2 heterocycles. The average molecular weight is 411 g/mol. The average Bonchev–Trinajstić information content (AvgIpc) is 3.03. The van der Waals surface area contributed by atoms with Gasteiger partial charge in [0.05, 0.1) is 0 Å². The van der Waals surface area contributed by atoms with Crippen molar-refractivity contribution in [2.75, 3.05) is 10.6 Å². The molecular formula is C18H23ClN4O3S. The van der Waals surface area contributed by atoms with Crippen molar-refractivity contribution >= 4 is 45.6 Å². The van der Waals surface area contributed by atoms with E-state index in [0.717, 1.165) is 5.01 Å². The van der Waals surface area contributed by atoms with E-state index in [1.165, 1.54) is 16.2 Å². The van der Waals surface area contributed by atoms with Crippen LogP contribution in [-0.2, 0) is 15.0 Å². The SMILES string of the molecule is CC(C)(C)c1nnc(N)s1.O=C(O)[C@@H]1CCCC(=O)N1c1ccc(Cl)cc1. The summed E-state index contributed by atoms with van der Waals surface area (Å²) < 4.78 is 0. The first-order valence-corrected chi connectivity index (χ1v) is 9.69. The molecule has 27 heavy (non-hydrogen) atoms. The summed E-state index contributed by atoms with van der Waals surface area (Å²) in [5.74, 6) is -1.11. The molecule has 0 unspecified atom stereocenters. The molecule has 3 rings (SSSR count). The number of aliphatic carboxylic acids is 1. The Bertz CT molecular complexity index is 802. The van der Waals surface area contributed by atoms with Crippen molar-refractivity contribution in [3.63, 3.8) is 0 Å². The number of amides is 1. The Balaban J connectivity index is 0.000000223. The van der Waals surface area contributed by atoms with Gasteiger partial charge in [-0.25, -0.2) is 4.79 Å². The van der Waals surface area contributed by atoms with Crippen molar-refractivity contribution < 1.29 is 14.7 Å². The van der Waals surface area contributed by atoms with E-state index in [-0.39, 0.29) is 11.3 Å². The number of carboxylic acid groups (broad SMARTS) is 1. The summed E-state index contributed by atoms with van der Waals surface area (Å²) in [6.45, 7) is 6.27. The summed E-state index contributed by atoms with van der Waals surface area (Å²) in [7, 11) is 0. The van der Waals surface area contributed by atoms with E-state index < -0.39 is 12.0 Å². The molecule has 0 radical (unpaired) electrons. The zero-order valence-corrected chi connectivity index (χ0v) is 17.0. The van der Waals surface area contributed by atoms with Gasteiger partial charge in [-0.3, -0.25) is 9.69 Å². The van der Waals surface area contributed by atoms with Gasteiger partial charge in [0.15, 0.2) is 0 Å². The normalized spacial score (nSPS) is 17.3. The number of rotatable bonds is 2. The number of hydrogen-bond donors (Lipinski definition) is 2. The monoisotopic (exact) mass is 410 g/mol. The van der Waals surface area contributed by atoms with Crippen molar-refractivity contribution in [2.24, 2.45) is 0 Å². The molecule has 1 aliphatic heterocycles. The predicted molar refractivity (Wildman–Crippen MR) is 107 cm³/mol. The van der Waals surface area contributed by atoms with Crippen LogP contribution in [0.5, 0.6) is 0 Å². The number of piperidine rings is 1. The van der Waals surface area contributed by atoms with Crippen LogP contribution in [0, 0.1) is 0 Å². The molecule has 9 heteroatoms. The van der Waals surface area contributed by atoms with Gasteiger partial charge >= 0.3 is 5.97 Å². The van der Waals surface area contributed by atoms with E-state index in [1.54, 1.807) is 24.3 Å². The molecule has 1 amide bonds. The Morgan fingerprint density at radius 3 is 2.37 bits per heavy atom. The lowest BCUT2D eigenvalue weighted by atomic mass is 9.98. The summed E-state index contributed by atoms with van der Waals surface area (Å²) in [6.07, 6.45) is 1.51. The maximum Gasteiger partial charge on any atom is 0.326 e. The Morgan fingerprint density at radius 2 is 1.93 bits per heavy atom. The minimum Gasteiger partial charge on any atom is -0.480 e. The minimum absolute atomic E-state index is 0.0787. The number of anilines is 2. The Labute approximate surface area is 167 Å². The quantitative estimate of drug-likeness (QED) is 0.780. The molecule has 7 nitrogen and oxygen atoms in total. The highest BCUT2D eigenvalue weighted by atomic mass is 35.5. The molecule has 0 bridgehead atoms. The van der Waals surface area contributed by atoms with Gasteiger partial charge in [0.1, 0.15) is 11.0 Å². The molecule has 0 saturated carbocycles. The van der Waals surface area contributed by atoms with E-state index in [0.29, 0.717) is 35.1 Å². The van der Waals surface area contributed by atoms with Gasteiger partial charge < -0.3 is 10.8 Å². The molecule has 1 atom stereocenters. The molecule has 1 saturated heterocycles. The fraction of sp³-hybridized carbons (Fsp3) is 0.444. The number of nitrogens with zero attached hydrogens (tertiary/aromatic N) is 3. The second-order valence-electron chi connectivity index (χ2n) is 7.18. The molecule has 1 aromatic carbocycles. The van der Waals surface area contributed by atoms with Gasteiger partial charge in [-0.2, -0.15) is 0 Å². The maximum absolute atomic E-state index is 11.8. The van der Waals surface area contributed by atoms with Crippen LogP contribution in [-0.4, -0.2) is 33.2 Å². The lowest BCUT2D eigenvalue weighted by Crippen LogP contribution is -2.48. The number of carbonyl (C=O) groups is 2. The number of hydrogen-bond acceptors (Lipinski definition) is 6. The Hall–Kier alpha value is -2.19. The van der Waals surface area contributed by atoms with Gasteiger partial charge in [-0.1, -0.05) is 43.7 Å². The molecule has 0 aliphatic carbocycles. The van der Waals surface area contributed by atoms with Gasteiger partial charge in [-0.15, -0.1) is 10.2 Å². The highest BCUT2D eigenvalue weighted by Gasteiger charge is 2.34. The molecule has 146 valence electrons. The summed E-state index contributed by atoms with van der Waals surface area (Å²) >= 11 is 7.22. The zero-order chi connectivity index (χ0) is 20.2. The van der Waals surface area contributed by atoms with Crippen LogP contribution in [0.4, 0.5) is 10.8 Å². The van der Waals surface area contributed by atoms with E-state index in [2.05, 4.69) is 31.0 Å². The number of nitrogens with two attached hydrogens (primary N) is 1. The topological polar surface area (TPSA) is 109 Å². The van der Waals surface area contributed by atoms with Crippen molar-refractivity contribution in [3.05, 3.63) is 34.3 Å². The highest BCUT2D eigenvalue weighted by Crippen LogP contribution is 2.27. The molecule has 2 aromatic rings. The number of benzene rings is 1. The van der Waals surface area contributed by atoms with E-state index >= 15 is 0 Å². The summed E-state index contributed by atoms with van der Waals surface area (Å²) in [4.78, 5) is 24.3. The molecule has 1 fully saturated rings. The molecule has 1 aromatic heterocycles. The van der Waals surface area contributed by atoms with E-state index in [4.69, 9.17) is 22.4 Å². The van der Waals surface area contributed by atoms with Gasteiger partial charge in [-0.05, 0) is 37.1 Å². The van der Waals surface area contributed by atoms with Crippen LogP contribution < -0.4 is 10.6 Å². The lowest BCUT2D eigenvalue weighted by molar-refractivity contribution is -0.141. The third kappa shape index (κ3) is 5.64. The van der Waals surface area contributed by atoms with Gasteiger partial charge in [0, 0.05) is 22.5 Å². The number of nitrogen functional groups attached to an aromatic ring is 1. The van der Waals surface area contributed by atoms with Crippen LogP contribution in [0.2, 0.25) is 5.02 Å². The Morgan fingerprint density at radius 1 is 1.30 bits per heavy atom. The van der Waals surface area contributed by atoms with Gasteiger partial charge in [0.2, 0.25) is 11.0 Å².